The van der Waals surface area contributed by atoms with E-state index in [0.29, 0.717) is 12.1 Å². The van der Waals surface area contributed by atoms with Crippen LogP contribution in [0.1, 0.15) is 16.1 Å². The van der Waals surface area contributed by atoms with Gasteiger partial charge in [-0.25, -0.2) is 0 Å². The van der Waals surface area contributed by atoms with Gasteiger partial charge in [0.15, 0.2) is 0 Å². The molecule has 0 fully saturated rings. The average Bonchev–Trinajstić information content (AvgIpc) is 2.26. The largest absolute Gasteiger partial charge is 0.340 e. The van der Waals surface area contributed by atoms with Gasteiger partial charge in [0.2, 0.25) is 0 Å². The summed E-state index contributed by atoms with van der Waals surface area (Å²) in [6.07, 6.45) is 1.62. The molecule has 0 atom stereocenters. The third kappa shape index (κ3) is 3.32. The maximum absolute atomic E-state index is 11.8. The number of aryl methyl sites for hydroxylation is 1. The zero-order valence-corrected chi connectivity index (χ0v) is 9.45. The van der Waals surface area contributed by atoms with Crippen LogP contribution in [0, 0.1) is 6.92 Å². The Morgan fingerprint density at radius 1 is 1.53 bits per heavy atom. The second kappa shape index (κ2) is 5.46. The van der Waals surface area contributed by atoms with E-state index in [-0.39, 0.29) is 5.91 Å². The Bertz CT molecular complexity index is 321. The topological polar surface area (TPSA) is 45.2 Å². The number of amides is 1. The molecule has 82 valence electrons. The molecule has 1 aromatic heterocycles. The number of aromatic nitrogens is 1. The van der Waals surface area contributed by atoms with Gasteiger partial charge in [-0.05, 0) is 26.1 Å². The Kier molecular flexibility index (Phi) is 4.24. The van der Waals surface area contributed by atoms with E-state index in [4.69, 9.17) is 0 Å². The van der Waals surface area contributed by atoms with Crippen LogP contribution in [0.3, 0.4) is 0 Å². The van der Waals surface area contributed by atoms with Gasteiger partial charge in [0.25, 0.3) is 5.91 Å². The van der Waals surface area contributed by atoms with Gasteiger partial charge < -0.3 is 10.2 Å². The molecule has 1 amide bonds. The van der Waals surface area contributed by atoms with Crippen LogP contribution in [0.2, 0.25) is 0 Å². The predicted molar refractivity (Wildman–Crippen MR) is 59.9 cm³/mol. The molecule has 4 nitrogen and oxygen atoms in total. The summed E-state index contributed by atoms with van der Waals surface area (Å²) in [6, 6.07) is 3.65. The first-order chi connectivity index (χ1) is 7.15. The lowest BCUT2D eigenvalue weighted by molar-refractivity contribution is 0.0796. The molecular weight excluding hydrogens is 190 g/mol. The number of nitrogens with one attached hydrogen (secondary N) is 1. The monoisotopic (exact) mass is 207 g/mol. The first kappa shape index (κ1) is 11.7. The Hall–Kier alpha value is -1.42. The highest BCUT2D eigenvalue weighted by Gasteiger charge is 2.10. The quantitative estimate of drug-likeness (QED) is 0.789. The summed E-state index contributed by atoms with van der Waals surface area (Å²) in [4.78, 5) is 17.6. The highest BCUT2D eigenvalue weighted by molar-refractivity contribution is 5.93. The molecule has 1 N–H and O–H groups in total. The lowest BCUT2D eigenvalue weighted by Crippen LogP contribution is -2.32. The highest BCUT2D eigenvalue weighted by atomic mass is 16.2. The second-order valence-electron chi connectivity index (χ2n) is 3.52. The van der Waals surface area contributed by atoms with Crippen LogP contribution < -0.4 is 5.32 Å². The zero-order chi connectivity index (χ0) is 11.3. The van der Waals surface area contributed by atoms with Crippen molar-refractivity contribution in [3.63, 3.8) is 0 Å². The molecule has 0 aliphatic heterocycles. The lowest BCUT2D eigenvalue weighted by atomic mass is 10.2. The summed E-state index contributed by atoms with van der Waals surface area (Å²) in [6.45, 7) is 3.39. The van der Waals surface area contributed by atoms with Crippen LogP contribution in [-0.4, -0.2) is 43.0 Å². The van der Waals surface area contributed by atoms with Gasteiger partial charge in [0, 0.05) is 32.0 Å². The molecule has 15 heavy (non-hydrogen) atoms. The van der Waals surface area contributed by atoms with Crippen molar-refractivity contribution < 1.29 is 4.79 Å². The SMILES string of the molecule is CNCCN(C)C(=O)c1ccc(C)nc1. The van der Waals surface area contributed by atoms with E-state index in [0.717, 1.165) is 12.2 Å². The van der Waals surface area contributed by atoms with Crippen LogP contribution in [0.5, 0.6) is 0 Å². The van der Waals surface area contributed by atoms with E-state index in [2.05, 4.69) is 10.3 Å². The number of hydrogen-bond acceptors (Lipinski definition) is 3. The fourth-order valence-corrected chi connectivity index (χ4v) is 1.20. The third-order valence-corrected chi connectivity index (χ3v) is 2.20. The fourth-order valence-electron chi connectivity index (χ4n) is 1.20. The third-order valence-electron chi connectivity index (χ3n) is 2.20. The summed E-state index contributed by atoms with van der Waals surface area (Å²) in [5.41, 5.74) is 1.56. The van der Waals surface area contributed by atoms with Crippen molar-refractivity contribution >= 4 is 5.91 Å². The van der Waals surface area contributed by atoms with Crippen molar-refractivity contribution in [1.82, 2.24) is 15.2 Å². The molecule has 0 unspecified atom stereocenters. The van der Waals surface area contributed by atoms with Crippen LogP contribution in [-0.2, 0) is 0 Å². The Morgan fingerprint density at radius 2 is 2.27 bits per heavy atom. The summed E-state index contributed by atoms with van der Waals surface area (Å²) in [7, 11) is 3.66. The maximum atomic E-state index is 11.8. The maximum Gasteiger partial charge on any atom is 0.255 e. The van der Waals surface area contributed by atoms with Crippen molar-refractivity contribution in [3.8, 4) is 0 Å². The molecule has 0 bridgehead atoms. The van der Waals surface area contributed by atoms with E-state index in [1.807, 2.05) is 20.0 Å². The molecule has 1 heterocycles. The smallest absolute Gasteiger partial charge is 0.255 e. The number of carbonyl (C=O) groups is 1. The molecule has 0 radical (unpaired) electrons. The molecule has 4 heteroatoms. The van der Waals surface area contributed by atoms with Gasteiger partial charge in [-0.15, -0.1) is 0 Å². The zero-order valence-electron chi connectivity index (χ0n) is 9.45. The van der Waals surface area contributed by atoms with Crippen molar-refractivity contribution in [2.24, 2.45) is 0 Å². The minimum atomic E-state index is 0.0118. The standard InChI is InChI=1S/C11H17N3O/c1-9-4-5-10(8-13-9)11(15)14(3)7-6-12-2/h4-5,8,12H,6-7H2,1-3H3. The Balaban J connectivity index is 2.63. The van der Waals surface area contributed by atoms with E-state index in [9.17, 15) is 4.79 Å². The van der Waals surface area contributed by atoms with Gasteiger partial charge in [0.1, 0.15) is 0 Å². The van der Waals surface area contributed by atoms with E-state index in [1.165, 1.54) is 0 Å². The number of carbonyl (C=O) groups excluding carboxylic acids is 1. The fraction of sp³-hybridized carbons (Fsp3) is 0.455. The van der Waals surface area contributed by atoms with Crippen LogP contribution in [0.25, 0.3) is 0 Å². The van der Waals surface area contributed by atoms with Gasteiger partial charge >= 0.3 is 0 Å². The highest BCUT2D eigenvalue weighted by Crippen LogP contribution is 2.02. The molecule has 1 aromatic rings. The first-order valence-electron chi connectivity index (χ1n) is 4.98. The summed E-state index contributed by atoms with van der Waals surface area (Å²) in [5, 5.41) is 3.00. The predicted octanol–water partition coefficient (Wildman–Crippen LogP) is 0.681. The van der Waals surface area contributed by atoms with E-state index in [1.54, 1.807) is 24.2 Å². The number of nitrogens with zero attached hydrogens (tertiary/aromatic N) is 2. The molecule has 0 spiro atoms. The van der Waals surface area contributed by atoms with Crippen LogP contribution >= 0.6 is 0 Å². The Morgan fingerprint density at radius 3 is 2.80 bits per heavy atom. The molecule has 0 saturated heterocycles. The van der Waals surface area contributed by atoms with Gasteiger partial charge in [-0.3, -0.25) is 9.78 Å². The Labute approximate surface area is 90.3 Å². The molecule has 1 rings (SSSR count). The van der Waals surface area contributed by atoms with Crippen molar-refractivity contribution in [1.29, 1.82) is 0 Å². The van der Waals surface area contributed by atoms with E-state index >= 15 is 0 Å². The van der Waals surface area contributed by atoms with Crippen molar-refractivity contribution in [3.05, 3.63) is 29.6 Å². The summed E-state index contributed by atoms with van der Waals surface area (Å²) >= 11 is 0. The summed E-state index contributed by atoms with van der Waals surface area (Å²) < 4.78 is 0. The summed E-state index contributed by atoms with van der Waals surface area (Å²) in [5.74, 6) is 0.0118. The molecular formula is C11H17N3O. The first-order valence-corrected chi connectivity index (χ1v) is 4.98. The molecule has 0 aliphatic carbocycles. The second-order valence-corrected chi connectivity index (χ2v) is 3.52. The number of rotatable bonds is 4. The van der Waals surface area contributed by atoms with Gasteiger partial charge in [-0.2, -0.15) is 0 Å². The van der Waals surface area contributed by atoms with Crippen LogP contribution in [0.4, 0.5) is 0 Å². The minimum Gasteiger partial charge on any atom is -0.340 e. The van der Waals surface area contributed by atoms with Crippen molar-refractivity contribution in [2.75, 3.05) is 27.2 Å². The van der Waals surface area contributed by atoms with Gasteiger partial charge in [0.05, 0.1) is 5.56 Å². The number of hydrogen-bond donors (Lipinski definition) is 1. The molecule has 0 aliphatic rings. The normalized spacial score (nSPS) is 10.1. The average molecular weight is 207 g/mol. The molecule has 0 saturated carbocycles. The van der Waals surface area contributed by atoms with Gasteiger partial charge in [-0.1, -0.05) is 0 Å². The lowest BCUT2D eigenvalue weighted by Gasteiger charge is -2.16. The van der Waals surface area contributed by atoms with Crippen LogP contribution in [0.15, 0.2) is 18.3 Å². The number of likely N-dealkylation sites (N-methyl/N-ethyl adjacent to an activating group) is 2. The van der Waals surface area contributed by atoms with E-state index < -0.39 is 0 Å². The van der Waals surface area contributed by atoms with Crippen molar-refractivity contribution in [2.45, 2.75) is 6.92 Å². The minimum absolute atomic E-state index is 0.0118. The molecule has 0 aromatic carbocycles. The number of pyridine rings is 1.